The number of hydrogen-bond acceptors (Lipinski definition) is 1. The minimum Gasteiger partial charge on any atom is -0.320 e. The highest BCUT2D eigenvalue weighted by Crippen LogP contribution is 2.33. The first-order chi connectivity index (χ1) is 9.60. The van der Waals surface area contributed by atoms with Crippen LogP contribution < -0.4 is 0 Å². The molecule has 1 rings (SSSR count). The molecule has 0 N–H and O–H groups in total. The Bertz CT molecular complexity index is 342. The summed E-state index contributed by atoms with van der Waals surface area (Å²) in [5, 5.41) is 0. The highest BCUT2D eigenvalue weighted by Gasteiger charge is 2.30. The van der Waals surface area contributed by atoms with Crippen molar-refractivity contribution in [2.75, 3.05) is 7.05 Å². The van der Waals surface area contributed by atoms with Crippen LogP contribution in [0.15, 0.2) is 36.8 Å². The van der Waals surface area contributed by atoms with Gasteiger partial charge >= 0.3 is 0 Å². The average molecular weight is 281 g/mol. The van der Waals surface area contributed by atoms with Gasteiger partial charge in [0.2, 0.25) is 5.91 Å². The summed E-state index contributed by atoms with van der Waals surface area (Å²) in [4.78, 5) is 13.5. The van der Waals surface area contributed by atoms with Crippen molar-refractivity contribution in [3.63, 3.8) is 0 Å². The zero-order valence-corrected chi connectivity index (χ0v) is 13.2. The van der Waals surface area contributed by atoms with Gasteiger partial charge in [0.05, 0.1) is 6.33 Å². The lowest BCUT2D eigenvalue weighted by Gasteiger charge is -2.34. The maximum Gasteiger partial charge on any atom is 0.226 e. The summed E-state index contributed by atoms with van der Waals surface area (Å²) >= 11 is 0. The topological polar surface area (TPSA) is 20.3 Å². The molecule has 3 heteroatoms. The van der Waals surface area contributed by atoms with Gasteiger partial charge in [-0.25, -0.2) is 4.39 Å². The summed E-state index contributed by atoms with van der Waals surface area (Å²) in [5.41, 5.74) is 0.881. The lowest BCUT2D eigenvalue weighted by atomic mass is 9.80. The number of halogens is 1. The highest BCUT2D eigenvalue weighted by molar-refractivity contribution is 5.79. The minimum atomic E-state index is 0.131. The van der Waals surface area contributed by atoms with Crippen LogP contribution >= 0.6 is 0 Å². The zero-order valence-electron chi connectivity index (χ0n) is 13.2. The Hall–Kier alpha value is -1.38. The standard InChI is InChI=1S/C15H22FNO.C2H6/c1-4-7-13(8-5-6-9-16)14-10-12(2)17(3)15(18)11-14;1-2/h4,6-7,9,13-14H,2,5,8,10-11H2,1,3H3;1-2H3/b7-4-,9-6+;. The second kappa shape index (κ2) is 10.4. The van der Waals surface area contributed by atoms with E-state index >= 15 is 0 Å². The molecule has 1 fully saturated rings. The van der Waals surface area contributed by atoms with E-state index in [1.165, 1.54) is 6.08 Å². The summed E-state index contributed by atoms with van der Waals surface area (Å²) in [5.74, 6) is 0.748. The van der Waals surface area contributed by atoms with Crippen LogP contribution in [-0.4, -0.2) is 17.9 Å². The molecule has 2 nitrogen and oxygen atoms in total. The molecule has 0 aromatic carbocycles. The third-order valence-corrected chi connectivity index (χ3v) is 3.58. The van der Waals surface area contributed by atoms with Crippen molar-refractivity contribution in [2.45, 2.75) is 46.5 Å². The Morgan fingerprint density at radius 2 is 2.10 bits per heavy atom. The number of allylic oxidation sites excluding steroid dienone is 4. The largest absolute Gasteiger partial charge is 0.320 e. The van der Waals surface area contributed by atoms with Gasteiger partial charge in [0.1, 0.15) is 0 Å². The Morgan fingerprint density at radius 1 is 1.45 bits per heavy atom. The van der Waals surface area contributed by atoms with Crippen molar-refractivity contribution >= 4 is 5.91 Å². The quantitative estimate of drug-likeness (QED) is 0.660. The van der Waals surface area contributed by atoms with Gasteiger partial charge in [-0.15, -0.1) is 0 Å². The fourth-order valence-electron chi connectivity index (χ4n) is 2.44. The molecule has 0 spiro atoms. The van der Waals surface area contributed by atoms with E-state index in [0.717, 1.165) is 18.5 Å². The second-order valence-corrected chi connectivity index (χ2v) is 4.82. The van der Waals surface area contributed by atoms with E-state index in [2.05, 4.69) is 12.7 Å². The molecule has 2 unspecified atom stereocenters. The molecule has 2 atom stereocenters. The summed E-state index contributed by atoms with van der Waals surface area (Å²) in [6, 6.07) is 0. The number of rotatable bonds is 5. The molecular weight excluding hydrogens is 253 g/mol. The lowest BCUT2D eigenvalue weighted by molar-refractivity contribution is -0.131. The first-order valence-electron chi connectivity index (χ1n) is 7.42. The molecule has 20 heavy (non-hydrogen) atoms. The summed E-state index contributed by atoms with van der Waals surface area (Å²) in [6.45, 7) is 9.92. The molecular formula is C17H28FNO. The third kappa shape index (κ3) is 5.72. The van der Waals surface area contributed by atoms with E-state index in [9.17, 15) is 9.18 Å². The maximum absolute atomic E-state index is 12.0. The molecule has 1 saturated heterocycles. The normalized spacial score (nSPS) is 21.2. The van der Waals surface area contributed by atoms with E-state index in [-0.39, 0.29) is 5.91 Å². The Labute approximate surface area is 123 Å². The summed E-state index contributed by atoms with van der Waals surface area (Å²) in [7, 11) is 1.78. The highest BCUT2D eigenvalue weighted by atomic mass is 19.1. The lowest BCUT2D eigenvalue weighted by Crippen LogP contribution is -2.35. The molecule has 1 aliphatic rings. The number of piperidine rings is 1. The van der Waals surface area contributed by atoms with E-state index in [4.69, 9.17) is 0 Å². The Morgan fingerprint density at radius 3 is 2.60 bits per heavy atom. The maximum atomic E-state index is 12.0. The number of likely N-dealkylation sites (tertiary alicyclic amines) is 1. The van der Waals surface area contributed by atoms with Crippen LogP contribution in [0, 0.1) is 11.8 Å². The van der Waals surface area contributed by atoms with Crippen molar-refractivity contribution in [2.24, 2.45) is 11.8 Å². The van der Waals surface area contributed by atoms with Gasteiger partial charge < -0.3 is 4.90 Å². The number of amides is 1. The molecule has 1 aliphatic heterocycles. The predicted molar refractivity (Wildman–Crippen MR) is 83.8 cm³/mol. The third-order valence-electron chi connectivity index (χ3n) is 3.58. The summed E-state index contributed by atoms with van der Waals surface area (Å²) < 4.78 is 12.0. The first-order valence-corrected chi connectivity index (χ1v) is 7.42. The van der Waals surface area contributed by atoms with Crippen LogP contribution in [0.2, 0.25) is 0 Å². The summed E-state index contributed by atoms with van der Waals surface area (Å²) in [6.07, 6.45) is 9.24. The number of carbonyl (C=O) groups is 1. The fourth-order valence-corrected chi connectivity index (χ4v) is 2.44. The van der Waals surface area contributed by atoms with E-state index in [1.54, 1.807) is 11.9 Å². The monoisotopic (exact) mass is 281 g/mol. The first kappa shape index (κ1) is 18.6. The van der Waals surface area contributed by atoms with Crippen LogP contribution in [0.4, 0.5) is 4.39 Å². The van der Waals surface area contributed by atoms with Crippen LogP contribution in [0.1, 0.15) is 46.5 Å². The van der Waals surface area contributed by atoms with Gasteiger partial charge in [0, 0.05) is 19.2 Å². The van der Waals surface area contributed by atoms with Gasteiger partial charge in [0.25, 0.3) is 0 Å². The molecule has 0 aliphatic carbocycles. The number of carbonyl (C=O) groups excluding carboxylic acids is 1. The second-order valence-electron chi connectivity index (χ2n) is 4.82. The number of hydrogen-bond donors (Lipinski definition) is 0. The van der Waals surface area contributed by atoms with E-state index in [1.807, 2.05) is 26.8 Å². The van der Waals surface area contributed by atoms with Crippen molar-refractivity contribution < 1.29 is 9.18 Å². The molecule has 0 aromatic rings. The molecule has 0 bridgehead atoms. The minimum absolute atomic E-state index is 0.131. The van der Waals surface area contributed by atoms with Gasteiger partial charge in [-0.1, -0.05) is 38.7 Å². The average Bonchev–Trinajstić information content (AvgIpc) is 2.45. The molecule has 1 heterocycles. The van der Waals surface area contributed by atoms with Crippen molar-refractivity contribution in [1.82, 2.24) is 4.90 Å². The van der Waals surface area contributed by atoms with Gasteiger partial charge in [-0.3, -0.25) is 4.79 Å². The van der Waals surface area contributed by atoms with Crippen LogP contribution in [0.25, 0.3) is 0 Å². The predicted octanol–water partition coefficient (Wildman–Crippen LogP) is 4.85. The number of nitrogens with zero attached hydrogens (tertiary/aromatic N) is 1. The Balaban J connectivity index is 0.00000172. The molecule has 0 aromatic heterocycles. The van der Waals surface area contributed by atoms with Gasteiger partial charge in [-0.05, 0) is 38.0 Å². The molecule has 114 valence electrons. The fraction of sp³-hybridized carbons (Fsp3) is 0.588. The van der Waals surface area contributed by atoms with Crippen molar-refractivity contribution in [3.05, 3.63) is 36.8 Å². The van der Waals surface area contributed by atoms with Crippen molar-refractivity contribution in [3.8, 4) is 0 Å². The van der Waals surface area contributed by atoms with Crippen LogP contribution in [0.5, 0.6) is 0 Å². The van der Waals surface area contributed by atoms with Crippen molar-refractivity contribution in [1.29, 1.82) is 0 Å². The Kier molecular flexibility index (Phi) is 9.69. The van der Waals surface area contributed by atoms with E-state index in [0.29, 0.717) is 31.0 Å². The van der Waals surface area contributed by atoms with Gasteiger partial charge in [0.15, 0.2) is 0 Å². The SMILES string of the molecule is C=C1CC(C(/C=C\C)CC/C=C/F)CC(=O)N1C.CC. The smallest absolute Gasteiger partial charge is 0.226 e. The van der Waals surface area contributed by atoms with Gasteiger partial charge in [-0.2, -0.15) is 0 Å². The van der Waals surface area contributed by atoms with Crippen LogP contribution in [0.3, 0.4) is 0 Å². The van der Waals surface area contributed by atoms with E-state index < -0.39 is 0 Å². The molecule has 0 radical (unpaired) electrons. The van der Waals surface area contributed by atoms with Crippen LogP contribution in [-0.2, 0) is 4.79 Å². The molecule has 1 amide bonds. The molecule has 0 saturated carbocycles. The zero-order chi connectivity index (χ0) is 15.5.